The summed E-state index contributed by atoms with van der Waals surface area (Å²) >= 11 is 0. The summed E-state index contributed by atoms with van der Waals surface area (Å²) in [5.74, 6) is -1.09. The van der Waals surface area contributed by atoms with Crippen LogP contribution in [0.15, 0.2) is 0 Å². The Morgan fingerprint density at radius 3 is 2.19 bits per heavy atom. The van der Waals surface area contributed by atoms with Gasteiger partial charge in [0.05, 0.1) is 31.4 Å². The van der Waals surface area contributed by atoms with E-state index in [2.05, 4.69) is 5.32 Å². The molecule has 0 aliphatic heterocycles. The van der Waals surface area contributed by atoms with Gasteiger partial charge in [-0.05, 0) is 26.7 Å². The smallest absolute Gasteiger partial charge is 0.322 e. The van der Waals surface area contributed by atoms with Gasteiger partial charge in [0, 0.05) is 25.0 Å². The van der Waals surface area contributed by atoms with E-state index in [-0.39, 0.29) is 56.2 Å². The third-order valence-electron chi connectivity index (χ3n) is 3.94. The monoisotopic (exact) mass is 478 g/mol. The van der Waals surface area contributed by atoms with Crippen LogP contribution in [0.2, 0.25) is 0 Å². The first-order chi connectivity index (χ1) is 14.7. The van der Waals surface area contributed by atoms with Crippen molar-refractivity contribution in [1.82, 2.24) is 5.32 Å². The van der Waals surface area contributed by atoms with Gasteiger partial charge in [-0.2, -0.15) is 0 Å². The Balaban J connectivity index is 4.70. The maximum absolute atomic E-state index is 12.5. The lowest BCUT2D eigenvalue weighted by atomic mass is 10.1. The Morgan fingerprint density at radius 1 is 0.903 bits per heavy atom. The van der Waals surface area contributed by atoms with Gasteiger partial charge in [-0.25, -0.2) is 0 Å². The van der Waals surface area contributed by atoms with Crippen LogP contribution in [-0.2, 0) is 33.4 Å². The van der Waals surface area contributed by atoms with E-state index in [0.29, 0.717) is 12.2 Å². The molecule has 3 N–H and O–H groups in total. The van der Waals surface area contributed by atoms with E-state index in [1.807, 2.05) is 6.92 Å². The third-order valence-corrected chi connectivity index (χ3v) is 6.28. The van der Waals surface area contributed by atoms with E-state index in [1.54, 1.807) is 13.8 Å². The maximum Gasteiger partial charge on any atom is 0.322 e. The van der Waals surface area contributed by atoms with Crippen LogP contribution in [0.3, 0.4) is 0 Å². The summed E-state index contributed by atoms with van der Waals surface area (Å²) in [5, 5.41) is 2.64. The van der Waals surface area contributed by atoms with E-state index in [4.69, 9.17) is 15.2 Å². The summed E-state index contributed by atoms with van der Waals surface area (Å²) < 4.78 is 9.63. The molecule has 0 rings (SSSR count). The minimum absolute atomic E-state index is 0.0472. The van der Waals surface area contributed by atoms with Crippen LogP contribution in [0.25, 0.3) is 0 Å². The fraction of sp³-hybridized carbons (Fsp3) is 0.750. The van der Waals surface area contributed by atoms with Crippen molar-refractivity contribution >= 4 is 51.0 Å². The number of hydrogen-bond acceptors (Lipinski definition) is 10. The Bertz CT molecular complexity index is 602. The van der Waals surface area contributed by atoms with Crippen LogP contribution < -0.4 is 11.1 Å². The molecule has 0 radical (unpaired) electrons. The van der Waals surface area contributed by atoms with Gasteiger partial charge >= 0.3 is 11.9 Å². The highest BCUT2D eigenvalue weighted by Gasteiger charge is 2.23. The van der Waals surface area contributed by atoms with Crippen molar-refractivity contribution < 1.29 is 33.4 Å². The molecule has 9 nitrogen and oxygen atoms in total. The highest BCUT2D eigenvalue weighted by Crippen LogP contribution is 2.23. The zero-order valence-electron chi connectivity index (χ0n) is 18.5. The van der Waals surface area contributed by atoms with Crippen molar-refractivity contribution in [3.63, 3.8) is 0 Å². The Morgan fingerprint density at radius 2 is 1.58 bits per heavy atom. The molecular formula is C20H34N2O7S2. The molecule has 0 aromatic carbocycles. The number of nitrogens with one attached hydrogen (secondary N) is 1. The molecular weight excluding hydrogens is 444 g/mol. The van der Waals surface area contributed by atoms with Crippen LogP contribution in [0, 0.1) is 0 Å². The molecule has 0 fully saturated rings. The summed E-state index contributed by atoms with van der Waals surface area (Å²) in [5.41, 5.74) is 5.69. The number of nitrogens with two attached hydrogens (primary N) is 1. The van der Waals surface area contributed by atoms with Crippen molar-refractivity contribution in [2.45, 2.75) is 71.4 Å². The molecule has 0 aliphatic carbocycles. The molecule has 178 valence electrons. The van der Waals surface area contributed by atoms with E-state index < -0.39 is 29.9 Å². The quantitative estimate of drug-likeness (QED) is 0.170. The Kier molecular flexibility index (Phi) is 17.1. The standard InChI is InChI=1S/C20H34N2O7S2/c1-4-7-14(23)12-30-31-13-16(17(24)9-11-19(26)28-5-2)22-18(25)10-8-15(21)20(27)29-6-3/h15-16H,4-13,21H2,1-3H3,(H,22,25). The molecule has 0 spiro atoms. The van der Waals surface area contributed by atoms with Crippen LogP contribution >= 0.6 is 21.6 Å². The zero-order chi connectivity index (χ0) is 23.6. The number of ether oxygens (including phenoxy) is 2. The summed E-state index contributed by atoms with van der Waals surface area (Å²) in [7, 11) is 2.64. The predicted octanol–water partition coefficient (Wildman–Crippen LogP) is 1.80. The fourth-order valence-corrected chi connectivity index (χ4v) is 4.54. The third kappa shape index (κ3) is 14.9. The van der Waals surface area contributed by atoms with Crippen molar-refractivity contribution in [2.75, 3.05) is 24.7 Å². The van der Waals surface area contributed by atoms with Gasteiger partial charge in [-0.3, -0.25) is 24.0 Å². The maximum atomic E-state index is 12.5. The minimum atomic E-state index is -0.918. The molecule has 2 unspecified atom stereocenters. The molecule has 0 aliphatic rings. The molecule has 2 atom stereocenters. The summed E-state index contributed by atoms with van der Waals surface area (Å²) in [6.07, 6.45) is 1.19. The summed E-state index contributed by atoms with van der Waals surface area (Å²) in [6.45, 7) is 5.70. The van der Waals surface area contributed by atoms with Crippen LogP contribution in [-0.4, -0.2) is 66.2 Å². The topological polar surface area (TPSA) is 142 Å². The van der Waals surface area contributed by atoms with Gasteiger partial charge in [0.15, 0.2) is 5.78 Å². The van der Waals surface area contributed by atoms with Gasteiger partial charge in [-0.1, -0.05) is 28.5 Å². The van der Waals surface area contributed by atoms with Gasteiger partial charge in [-0.15, -0.1) is 0 Å². The Labute approximate surface area is 191 Å². The molecule has 0 aromatic rings. The Hall–Kier alpha value is -1.59. The molecule has 0 aromatic heterocycles. The zero-order valence-corrected chi connectivity index (χ0v) is 20.1. The number of carbonyl (C=O) groups is 5. The lowest BCUT2D eigenvalue weighted by molar-refractivity contribution is -0.145. The molecule has 31 heavy (non-hydrogen) atoms. The molecule has 0 saturated heterocycles. The summed E-state index contributed by atoms with van der Waals surface area (Å²) in [6, 6.07) is -1.74. The molecule has 0 bridgehead atoms. The van der Waals surface area contributed by atoms with Crippen molar-refractivity contribution in [3.05, 3.63) is 0 Å². The van der Waals surface area contributed by atoms with Crippen molar-refractivity contribution in [2.24, 2.45) is 5.73 Å². The van der Waals surface area contributed by atoms with E-state index in [1.165, 1.54) is 21.6 Å². The average molecular weight is 479 g/mol. The largest absolute Gasteiger partial charge is 0.466 e. The van der Waals surface area contributed by atoms with Crippen molar-refractivity contribution in [3.8, 4) is 0 Å². The average Bonchev–Trinajstić information content (AvgIpc) is 2.72. The van der Waals surface area contributed by atoms with Gasteiger partial charge in [0.25, 0.3) is 0 Å². The first-order valence-electron chi connectivity index (χ1n) is 10.4. The number of rotatable bonds is 18. The number of Topliss-reactive ketones (excluding diaryl/α,β-unsaturated/α-hetero) is 2. The van der Waals surface area contributed by atoms with Gasteiger partial charge < -0.3 is 20.5 Å². The predicted molar refractivity (Wildman–Crippen MR) is 121 cm³/mol. The van der Waals surface area contributed by atoms with Gasteiger partial charge in [0.2, 0.25) is 5.91 Å². The van der Waals surface area contributed by atoms with E-state index in [0.717, 1.165) is 6.42 Å². The lowest BCUT2D eigenvalue weighted by Gasteiger charge is -2.18. The second kappa shape index (κ2) is 18.0. The molecule has 0 saturated carbocycles. The minimum Gasteiger partial charge on any atom is -0.466 e. The van der Waals surface area contributed by atoms with E-state index >= 15 is 0 Å². The van der Waals surface area contributed by atoms with Crippen LogP contribution in [0.4, 0.5) is 0 Å². The molecule has 11 heteroatoms. The fourth-order valence-electron chi connectivity index (χ4n) is 2.34. The second-order valence-corrected chi connectivity index (χ2v) is 9.13. The first kappa shape index (κ1) is 29.4. The highest BCUT2D eigenvalue weighted by molar-refractivity contribution is 8.76. The SMILES string of the molecule is CCCC(=O)CSSCC(NC(=O)CCC(N)C(=O)OCC)C(=O)CCC(=O)OCC. The van der Waals surface area contributed by atoms with E-state index in [9.17, 15) is 24.0 Å². The second-order valence-electron chi connectivity index (χ2n) is 6.62. The molecule has 1 amide bonds. The summed E-state index contributed by atoms with van der Waals surface area (Å²) in [4.78, 5) is 59.5. The number of carbonyl (C=O) groups excluding carboxylic acids is 5. The van der Waals surface area contributed by atoms with Gasteiger partial charge in [0.1, 0.15) is 11.8 Å². The number of ketones is 2. The first-order valence-corrected chi connectivity index (χ1v) is 12.9. The van der Waals surface area contributed by atoms with Crippen LogP contribution in [0.1, 0.15) is 59.3 Å². The van der Waals surface area contributed by atoms with Crippen LogP contribution in [0.5, 0.6) is 0 Å². The normalized spacial score (nSPS) is 12.5. The number of esters is 2. The molecule has 0 heterocycles. The highest BCUT2D eigenvalue weighted by atomic mass is 33.1. The number of hydrogen-bond donors (Lipinski definition) is 2. The lowest BCUT2D eigenvalue weighted by Crippen LogP contribution is -2.43. The van der Waals surface area contributed by atoms with Crippen molar-refractivity contribution in [1.29, 1.82) is 0 Å². The number of amides is 1.